The fourth-order valence-electron chi connectivity index (χ4n) is 3.85. The van der Waals surface area contributed by atoms with Crippen LogP contribution < -0.4 is 0 Å². The van der Waals surface area contributed by atoms with E-state index in [0.717, 1.165) is 37.1 Å². The Balaban J connectivity index is 1.51. The van der Waals surface area contributed by atoms with E-state index in [1.54, 1.807) is 18.2 Å². The summed E-state index contributed by atoms with van der Waals surface area (Å²) in [7, 11) is 0. The van der Waals surface area contributed by atoms with Gasteiger partial charge in [0.2, 0.25) is 5.91 Å². The molecule has 0 aromatic heterocycles. The van der Waals surface area contributed by atoms with Gasteiger partial charge in [-0.2, -0.15) is 0 Å². The Labute approximate surface area is 175 Å². The summed E-state index contributed by atoms with van der Waals surface area (Å²) >= 11 is 3.34. The molecule has 2 aliphatic rings. The predicted octanol–water partition coefficient (Wildman–Crippen LogP) is 3.16. The molecular formula is C21H28BrN3O3. The molecule has 28 heavy (non-hydrogen) atoms. The summed E-state index contributed by atoms with van der Waals surface area (Å²) in [5, 5.41) is 0. The maximum atomic E-state index is 12.6. The van der Waals surface area contributed by atoms with Gasteiger partial charge in [0.05, 0.1) is 11.1 Å². The fourth-order valence-corrected chi connectivity index (χ4v) is 4.21. The number of hydrogen-bond acceptors (Lipinski definition) is 4. The number of carbonyl (C=O) groups excluding carboxylic acids is 3. The summed E-state index contributed by atoms with van der Waals surface area (Å²) < 4.78 is 0.773. The number of imide groups is 1. The van der Waals surface area contributed by atoms with Crippen molar-refractivity contribution in [2.45, 2.75) is 45.6 Å². The molecule has 2 aliphatic heterocycles. The third-order valence-electron chi connectivity index (χ3n) is 5.50. The summed E-state index contributed by atoms with van der Waals surface area (Å²) in [5.41, 5.74) is 0.981. The highest BCUT2D eigenvalue weighted by Crippen LogP contribution is 2.26. The first-order valence-corrected chi connectivity index (χ1v) is 10.7. The van der Waals surface area contributed by atoms with E-state index in [1.807, 2.05) is 4.90 Å². The van der Waals surface area contributed by atoms with Crippen molar-refractivity contribution in [3.63, 3.8) is 0 Å². The van der Waals surface area contributed by atoms with Crippen molar-refractivity contribution in [2.24, 2.45) is 0 Å². The number of benzene rings is 1. The minimum Gasteiger partial charge on any atom is -0.341 e. The fraction of sp³-hybridized carbons (Fsp3) is 0.571. The van der Waals surface area contributed by atoms with Gasteiger partial charge in [0.25, 0.3) is 11.8 Å². The van der Waals surface area contributed by atoms with Crippen molar-refractivity contribution in [2.75, 3.05) is 32.7 Å². The van der Waals surface area contributed by atoms with Gasteiger partial charge in [-0.05, 0) is 51.8 Å². The molecule has 1 saturated heterocycles. The lowest BCUT2D eigenvalue weighted by molar-refractivity contribution is -0.131. The molecular weight excluding hydrogens is 422 g/mol. The van der Waals surface area contributed by atoms with Crippen LogP contribution >= 0.6 is 15.9 Å². The molecule has 3 rings (SSSR count). The van der Waals surface area contributed by atoms with Crippen molar-refractivity contribution >= 4 is 33.7 Å². The molecule has 0 radical (unpaired) electrons. The largest absolute Gasteiger partial charge is 0.341 e. The summed E-state index contributed by atoms with van der Waals surface area (Å²) in [6.07, 6.45) is 1.81. The van der Waals surface area contributed by atoms with E-state index in [4.69, 9.17) is 0 Å². The summed E-state index contributed by atoms with van der Waals surface area (Å²) in [4.78, 5) is 43.2. The van der Waals surface area contributed by atoms with Gasteiger partial charge in [-0.15, -0.1) is 0 Å². The number of carbonyl (C=O) groups is 3. The number of nitrogens with zero attached hydrogens (tertiary/aromatic N) is 3. The Hall–Kier alpha value is -1.73. The van der Waals surface area contributed by atoms with Gasteiger partial charge in [-0.3, -0.25) is 24.2 Å². The molecule has 2 heterocycles. The molecule has 6 nitrogen and oxygen atoms in total. The zero-order valence-electron chi connectivity index (χ0n) is 16.8. The quantitative estimate of drug-likeness (QED) is 0.662. The number of fused-ring (bicyclic) bond motifs is 1. The molecule has 0 bridgehead atoms. The van der Waals surface area contributed by atoms with E-state index in [0.29, 0.717) is 24.0 Å². The van der Waals surface area contributed by atoms with E-state index in [2.05, 4.69) is 41.6 Å². The first kappa shape index (κ1) is 21.0. The average Bonchev–Trinajstić information content (AvgIpc) is 2.82. The lowest BCUT2D eigenvalue weighted by Crippen LogP contribution is -2.44. The lowest BCUT2D eigenvalue weighted by Gasteiger charge is -2.34. The molecule has 7 heteroatoms. The Kier molecular flexibility index (Phi) is 6.25. The van der Waals surface area contributed by atoms with Crippen molar-refractivity contribution in [1.82, 2.24) is 14.7 Å². The number of rotatable bonds is 4. The molecule has 0 N–H and O–H groups in total. The van der Waals surface area contributed by atoms with Gasteiger partial charge in [0, 0.05) is 49.2 Å². The van der Waals surface area contributed by atoms with Crippen molar-refractivity contribution in [3.8, 4) is 0 Å². The molecule has 0 aliphatic carbocycles. The highest BCUT2D eigenvalue weighted by molar-refractivity contribution is 9.10. The zero-order valence-corrected chi connectivity index (χ0v) is 18.4. The van der Waals surface area contributed by atoms with E-state index in [1.165, 1.54) is 4.90 Å². The van der Waals surface area contributed by atoms with Gasteiger partial charge >= 0.3 is 0 Å². The SMILES string of the molecule is CC(C)(C)N1CCCN(C(=O)CCCN2C(=O)c3ccc(Br)cc3C2=O)CC1. The molecule has 0 spiro atoms. The third kappa shape index (κ3) is 4.46. The summed E-state index contributed by atoms with van der Waals surface area (Å²) in [5.74, 6) is -0.435. The van der Waals surface area contributed by atoms with Gasteiger partial charge in [0.1, 0.15) is 0 Å². The van der Waals surface area contributed by atoms with Gasteiger partial charge in [-0.1, -0.05) is 15.9 Å². The highest BCUT2D eigenvalue weighted by Gasteiger charge is 2.35. The number of halogens is 1. The van der Waals surface area contributed by atoms with E-state index < -0.39 is 0 Å². The Morgan fingerprint density at radius 2 is 1.75 bits per heavy atom. The molecule has 0 saturated carbocycles. The van der Waals surface area contributed by atoms with Gasteiger partial charge in [-0.25, -0.2) is 0 Å². The first-order chi connectivity index (χ1) is 13.2. The van der Waals surface area contributed by atoms with Crippen molar-refractivity contribution in [1.29, 1.82) is 0 Å². The Morgan fingerprint density at radius 1 is 1.04 bits per heavy atom. The second kappa shape index (κ2) is 8.33. The van der Waals surface area contributed by atoms with Crippen LogP contribution in [0, 0.1) is 0 Å². The highest BCUT2D eigenvalue weighted by atomic mass is 79.9. The molecule has 3 amide bonds. The van der Waals surface area contributed by atoms with Crippen LogP contribution in [0.5, 0.6) is 0 Å². The standard InChI is InChI=1S/C21H28BrN3O3/c1-21(2,3)24-10-5-9-23(12-13-24)18(26)6-4-11-25-19(27)16-8-7-15(22)14-17(16)20(25)28/h7-8,14H,4-6,9-13H2,1-3H3. The molecule has 0 atom stereocenters. The van der Waals surface area contributed by atoms with Crippen molar-refractivity contribution < 1.29 is 14.4 Å². The van der Waals surface area contributed by atoms with E-state index >= 15 is 0 Å². The Bertz CT molecular complexity index is 788. The van der Waals surface area contributed by atoms with E-state index in [9.17, 15) is 14.4 Å². The molecule has 0 unspecified atom stereocenters. The molecule has 152 valence electrons. The van der Waals surface area contributed by atoms with Crippen LogP contribution in [-0.4, -0.2) is 70.7 Å². The maximum absolute atomic E-state index is 12.6. The maximum Gasteiger partial charge on any atom is 0.261 e. The normalized spacial score (nSPS) is 18.4. The van der Waals surface area contributed by atoms with E-state index in [-0.39, 0.29) is 29.8 Å². The molecule has 1 aromatic carbocycles. The number of hydrogen-bond donors (Lipinski definition) is 0. The van der Waals surface area contributed by atoms with Crippen LogP contribution in [0.2, 0.25) is 0 Å². The average molecular weight is 450 g/mol. The third-order valence-corrected chi connectivity index (χ3v) is 6.00. The van der Waals surface area contributed by atoms with Crippen LogP contribution in [0.4, 0.5) is 0 Å². The van der Waals surface area contributed by atoms with Crippen LogP contribution in [0.25, 0.3) is 0 Å². The van der Waals surface area contributed by atoms with Gasteiger partial charge in [0.15, 0.2) is 0 Å². The second-order valence-electron chi connectivity index (χ2n) is 8.45. The predicted molar refractivity (Wildman–Crippen MR) is 111 cm³/mol. The topological polar surface area (TPSA) is 60.9 Å². The molecule has 1 fully saturated rings. The zero-order chi connectivity index (χ0) is 20.5. The lowest BCUT2D eigenvalue weighted by atomic mass is 10.1. The monoisotopic (exact) mass is 449 g/mol. The summed E-state index contributed by atoms with van der Waals surface area (Å²) in [6.45, 7) is 10.3. The molecule has 1 aromatic rings. The first-order valence-electron chi connectivity index (χ1n) is 9.87. The Morgan fingerprint density at radius 3 is 2.46 bits per heavy atom. The van der Waals surface area contributed by atoms with Crippen molar-refractivity contribution in [3.05, 3.63) is 33.8 Å². The van der Waals surface area contributed by atoms with Gasteiger partial charge < -0.3 is 4.90 Å². The van der Waals surface area contributed by atoms with Crippen LogP contribution in [0.3, 0.4) is 0 Å². The second-order valence-corrected chi connectivity index (χ2v) is 9.36. The minimum absolute atomic E-state index is 0.107. The smallest absolute Gasteiger partial charge is 0.261 e. The van der Waals surface area contributed by atoms with Crippen LogP contribution in [0.1, 0.15) is 60.7 Å². The van der Waals surface area contributed by atoms with Crippen LogP contribution in [-0.2, 0) is 4.79 Å². The summed E-state index contributed by atoms with van der Waals surface area (Å²) in [6, 6.07) is 5.11. The minimum atomic E-state index is -0.274. The number of amides is 3. The van der Waals surface area contributed by atoms with Crippen LogP contribution in [0.15, 0.2) is 22.7 Å².